The Balaban J connectivity index is 1.82. The average Bonchev–Trinajstić information content (AvgIpc) is 2.72. The lowest BCUT2D eigenvalue weighted by molar-refractivity contribution is -0.121. The lowest BCUT2D eigenvalue weighted by Crippen LogP contribution is -2.27. The van der Waals surface area contributed by atoms with Crippen LogP contribution in [0.4, 0.5) is 5.69 Å². The summed E-state index contributed by atoms with van der Waals surface area (Å²) in [6.45, 7) is 6.00. The predicted molar refractivity (Wildman–Crippen MR) is 74.8 cm³/mol. The molecule has 1 amide bonds. The van der Waals surface area contributed by atoms with Gasteiger partial charge in [0.25, 0.3) is 0 Å². The van der Waals surface area contributed by atoms with Crippen molar-refractivity contribution in [1.29, 1.82) is 0 Å². The fourth-order valence-corrected chi connectivity index (χ4v) is 2.34. The normalized spacial score (nSPS) is 17.4. The highest BCUT2D eigenvalue weighted by Crippen LogP contribution is 2.32. The van der Waals surface area contributed by atoms with Crippen molar-refractivity contribution >= 4 is 11.6 Å². The summed E-state index contributed by atoms with van der Waals surface area (Å²) < 4.78 is 0. The predicted octanol–water partition coefficient (Wildman–Crippen LogP) is 2.75. The van der Waals surface area contributed by atoms with Gasteiger partial charge >= 0.3 is 0 Å². The van der Waals surface area contributed by atoms with Gasteiger partial charge in [-0.15, -0.1) is 0 Å². The maximum atomic E-state index is 11.9. The monoisotopic (exact) mass is 246 g/mol. The molecule has 18 heavy (non-hydrogen) atoms. The van der Waals surface area contributed by atoms with Gasteiger partial charge in [-0.3, -0.25) is 4.79 Å². The van der Waals surface area contributed by atoms with E-state index in [9.17, 15) is 4.79 Å². The molecule has 1 aliphatic heterocycles. The molecule has 0 bridgehead atoms. The van der Waals surface area contributed by atoms with Crippen LogP contribution in [0.5, 0.6) is 0 Å². The second kappa shape index (κ2) is 5.89. The Hall–Kier alpha value is -1.51. The summed E-state index contributed by atoms with van der Waals surface area (Å²) in [6.07, 6.45) is 1.63. The van der Waals surface area contributed by atoms with Gasteiger partial charge in [-0.25, -0.2) is 0 Å². The minimum Gasteiger partial charge on any atom is -0.384 e. The number of hydrogen-bond donors (Lipinski definition) is 2. The summed E-state index contributed by atoms with van der Waals surface area (Å²) >= 11 is 0. The van der Waals surface area contributed by atoms with Gasteiger partial charge in [0.05, 0.1) is 0 Å². The molecule has 1 aliphatic rings. The molecule has 1 aromatic carbocycles. The van der Waals surface area contributed by atoms with Gasteiger partial charge in [0.15, 0.2) is 0 Å². The van der Waals surface area contributed by atoms with E-state index in [0.717, 1.165) is 19.5 Å². The molecular weight excluding hydrogens is 224 g/mol. The largest absolute Gasteiger partial charge is 0.384 e. The van der Waals surface area contributed by atoms with Gasteiger partial charge in [0.2, 0.25) is 5.91 Å². The number of benzene rings is 1. The number of rotatable bonds is 5. The van der Waals surface area contributed by atoms with Crippen LogP contribution in [0, 0.1) is 5.92 Å². The maximum Gasteiger partial charge on any atom is 0.220 e. The van der Waals surface area contributed by atoms with Gasteiger partial charge < -0.3 is 10.6 Å². The summed E-state index contributed by atoms with van der Waals surface area (Å²) in [5.41, 5.74) is 2.45. The molecule has 3 nitrogen and oxygen atoms in total. The van der Waals surface area contributed by atoms with Crippen molar-refractivity contribution in [2.45, 2.75) is 32.6 Å². The Kier molecular flexibility index (Phi) is 4.24. The molecule has 1 heterocycles. The fourth-order valence-electron chi connectivity index (χ4n) is 2.34. The van der Waals surface area contributed by atoms with Crippen molar-refractivity contribution in [3.05, 3.63) is 29.8 Å². The molecule has 1 unspecified atom stereocenters. The van der Waals surface area contributed by atoms with Crippen molar-refractivity contribution in [2.24, 2.45) is 5.92 Å². The number of carbonyl (C=O) groups excluding carboxylic acids is 1. The van der Waals surface area contributed by atoms with E-state index in [1.54, 1.807) is 0 Å². The zero-order chi connectivity index (χ0) is 13.0. The van der Waals surface area contributed by atoms with Crippen LogP contribution in [0.2, 0.25) is 0 Å². The smallest absolute Gasteiger partial charge is 0.220 e. The fraction of sp³-hybridized carbons (Fsp3) is 0.533. The number of nitrogens with one attached hydrogen (secondary N) is 2. The molecular formula is C15H22N2O. The first kappa shape index (κ1) is 12.9. The molecule has 0 aromatic heterocycles. The zero-order valence-corrected chi connectivity index (χ0v) is 11.2. The Morgan fingerprint density at radius 2 is 2.22 bits per heavy atom. The molecule has 0 saturated heterocycles. The second-order valence-electron chi connectivity index (χ2n) is 5.40. The molecule has 3 heteroatoms. The lowest BCUT2D eigenvalue weighted by Gasteiger charge is -2.11. The van der Waals surface area contributed by atoms with Gasteiger partial charge in [-0.05, 0) is 24.0 Å². The SMILES string of the molecule is CC(C)CCNC(=O)CC1CNc2ccccc21. The van der Waals surface area contributed by atoms with Crippen molar-refractivity contribution < 1.29 is 4.79 Å². The lowest BCUT2D eigenvalue weighted by atomic mass is 9.97. The molecule has 0 fully saturated rings. The van der Waals surface area contributed by atoms with Crippen LogP contribution in [-0.2, 0) is 4.79 Å². The molecule has 2 N–H and O–H groups in total. The molecule has 98 valence electrons. The van der Waals surface area contributed by atoms with Crippen LogP contribution in [0.1, 0.15) is 38.2 Å². The number of para-hydroxylation sites is 1. The van der Waals surface area contributed by atoms with Gasteiger partial charge in [0.1, 0.15) is 0 Å². The third-order valence-electron chi connectivity index (χ3n) is 3.42. The highest BCUT2D eigenvalue weighted by molar-refractivity contribution is 5.78. The molecule has 1 atom stereocenters. The first-order valence-electron chi connectivity index (χ1n) is 6.76. The van der Waals surface area contributed by atoms with Crippen molar-refractivity contribution in [1.82, 2.24) is 5.32 Å². The number of fused-ring (bicyclic) bond motifs is 1. The minimum absolute atomic E-state index is 0.166. The first-order valence-corrected chi connectivity index (χ1v) is 6.76. The highest BCUT2D eigenvalue weighted by Gasteiger charge is 2.23. The number of hydrogen-bond acceptors (Lipinski definition) is 2. The molecule has 0 aliphatic carbocycles. The van der Waals surface area contributed by atoms with Crippen LogP contribution < -0.4 is 10.6 Å². The minimum atomic E-state index is 0.166. The number of carbonyl (C=O) groups is 1. The Morgan fingerprint density at radius 3 is 3.00 bits per heavy atom. The van der Waals surface area contributed by atoms with Gasteiger partial charge in [0, 0.05) is 31.1 Å². The van der Waals surface area contributed by atoms with E-state index in [4.69, 9.17) is 0 Å². The third kappa shape index (κ3) is 3.25. The Morgan fingerprint density at radius 1 is 1.44 bits per heavy atom. The summed E-state index contributed by atoms with van der Waals surface area (Å²) in [4.78, 5) is 11.9. The van der Waals surface area contributed by atoms with Crippen LogP contribution in [-0.4, -0.2) is 19.0 Å². The Bertz CT molecular complexity index is 415. The van der Waals surface area contributed by atoms with E-state index in [1.807, 2.05) is 12.1 Å². The first-order chi connectivity index (χ1) is 8.66. The molecule has 0 radical (unpaired) electrons. The van der Waals surface area contributed by atoms with Crippen LogP contribution >= 0.6 is 0 Å². The van der Waals surface area contributed by atoms with E-state index in [-0.39, 0.29) is 5.91 Å². The zero-order valence-electron chi connectivity index (χ0n) is 11.2. The topological polar surface area (TPSA) is 41.1 Å². The summed E-state index contributed by atoms with van der Waals surface area (Å²) in [7, 11) is 0. The number of anilines is 1. The molecule has 1 aromatic rings. The van der Waals surface area contributed by atoms with Crippen LogP contribution in [0.15, 0.2) is 24.3 Å². The third-order valence-corrected chi connectivity index (χ3v) is 3.42. The second-order valence-corrected chi connectivity index (χ2v) is 5.40. The van der Waals surface area contributed by atoms with E-state index >= 15 is 0 Å². The van der Waals surface area contributed by atoms with Crippen molar-refractivity contribution in [3.8, 4) is 0 Å². The van der Waals surface area contributed by atoms with Crippen molar-refractivity contribution in [3.63, 3.8) is 0 Å². The number of amides is 1. The van der Waals surface area contributed by atoms with Gasteiger partial charge in [-0.1, -0.05) is 32.0 Å². The summed E-state index contributed by atoms with van der Waals surface area (Å²) in [5.74, 6) is 1.12. The molecule has 0 spiro atoms. The maximum absolute atomic E-state index is 11.9. The Labute approximate surface area is 109 Å². The van der Waals surface area contributed by atoms with E-state index < -0.39 is 0 Å². The molecule has 0 saturated carbocycles. The van der Waals surface area contributed by atoms with Gasteiger partial charge in [-0.2, -0.15) is 0 Å². The highest BCUT2D eigenvalue weighted by atomic mass is 16.1. The van der Waals surface area contributed by atoms with E-state index in [0.29, 0.717) is 18.3 Å². The quantitative estimate of drug-likeness (QED) is 0.838. The summed E-state index contributed by atoms with van der Waals surface area (Å²) in [5, 5.41) is 6.35. The van der Waals surface area contributed by atoms with Crippen LogP contribution in [0.3, 0.4) is 0 Å². The van der Waals surface area contributed by atoms with E-state index in [2.05, 4.69) is 36.6 Å². The standard InChI is InChI=1S/C15H22N2O/c1-11(2)7-8-16-15(18)9-12-10-17-14-6-4-3-5-13(12)14/h3-6,11-12,17H,7-10H2,1-2H3,(H,16,18). The van der Waals surface area contributed by atoms with Crippen molar-refractivity contribution in [2.75, 3.05) is 18.4 Å². The van der Waals surface area contributed by atoms with Crippen LogP contribution in [0.25, 0.3) is 0 Å². The molecule has 2 rings (SSSR count). The average molecular weight is 246 g/mol. The summed E-state index contributed by atoms with van der Waals surface area (Å²) in [6, 6.07) is 8.25. The van der Waals surface area contributed by atoms with E-state index in [1.165, 1.54) is 11.3 Å².